The summed E-state index contributed by atoms with van der Waals surface area (Å²) in [5, 5.41) is 19.9. The Morgan fingerprint density at radius 3 is 2.68 bits per heavy atom. The number of nitro benzene ring substituents is 1. The number of nitrogen functional groups attached to an aromatic ring is 1. The van der Waals surface area contributed by atoms with Crippen LogP contribution in [0.2, 0.25) is 0 Å². The van der Waals surface area contributed by atoms with Crippen molar-refractivity contribution in [2.75, 3.05) is 23.8 Å². The molecule has 104 valence electrons. The molecule has 0 heterocycles. The molecule has 0 spiro atoms. The lowest BCUT2D eigenvalue weighted by Gasteiger charge is -2.39. The number of aliphatic hydroxyl groups is 1. The molecule has 6 heteroatoms. The van der Waals surface area contributed by atoms with Crippen LogP contribution in [0.15, 0.2) is 18.2 Å². The number of anilines is 2. The summed E-state index contributed by atoms with van der Waals surface area (Å²) >= 11 is 0. The molecule has 0 unspecified atom stereocenters. The number of benzene rings is 1. The van der Waals surface area contributed by atoms with Gasteiger partial charge >= 0.3 is 0 Å². The first-order chi connectivity index (χ1) is 9.11. The average Bonchev–Trinajstić information content (AvgIpc) is 2.31. The third kappa shape index (κ3) is 3.14. The molecular weight excluding hydrogens is 246 g/mol. The van der Waals surface area contributed by atoms with Crippen molar-refractivity contribution in [3.8, 4) is 0 Å². The molecule has 1 aromatic carbocycles. The van der Waals surface area contributed by atoms with Crippen molar-refractivity contribution in [1.82, 2.24) is 0 Å². The second-order valence-electron chi connectivity index (χ2n) is 4.90. The molecule has 6 nitrogen and oxygen atoms in total. The highest BCUT2D eigenvalue weighted by Crippen LogP contribution is 2.33. The normalized spacial score (nSPS) is 15.0. The Kier molecular flexibility index (Phi) is 4.21. The summed E-state index contributed by atoms with van der Waals surface area (Å²) < 4.78 is 0. The van der Waals surface area contributed by atoms with Crippen molar-refractivity contribution >= 4 is 17.1 Å². The van der Waals surface area contributed by atoms with Gasteiger partial charge in [0.15, 0.2) is 0 Å². The summed E-state index contributed by atoms with van der Waals surface area (Å²) in [7, 11) is 0. The van der Waals surface area contributed by atoms with Gasteiger partial charge in [-0.3, -0.25) is 10.1 Å². The molecule has 0 saturated heterocycles. The van der Waals surface area contributed by atoms with E-state index in [2.05, 4.69) is 4.90 Å². The lowest BCUT2D eigenvalue weighted by molar-refractivity contribution is -0.384. The van der Waals surface area contributed by atoms with Gasteiger partial charge in [0.25, 0.3) is 5.69 Å². The van der Waals surface area contributed by atoms with Crippen molar-refractivity contribution in [2.24, 2.45) is 0 Å². The number of hydrogen-bond acceptors (Lipinski definition) is 5. The Morgan fingerprint density at radius 1 is 1.42 bits per heavy atom. The van der Waals surface area contributed by atoms with E-state index in [9.17, 15) is 10.1 Å². The molecule has 0 aliphatic heterocycles. The maximum Gasteiger partial charge on any atom is 0.273 e. The number of hydrogen-bond donors (Lipinski definition) is 2. The van der Waals surface area contributed by atoms with E-state index in [0.29, 0.717) is 24.7 Å². The van der Waals surface area contributed by atoms with Crippen LogP contribution in [0.3, 0.4) is 0 Å². The zero-order valence-electron chi connectivity index (χ0n) is 10.8. The first-order valence-corrected chi connectivity index (χ1v) is 6.54. The van der Waals surface area contributed by atoms with E-state index >= 15 is 0 Å². The zero-order chi connectivity index (χ0) is 13.8. The third-order valence-corrected chi connectivity index (χ3v) is 3.54. The van der Waals surface area contributed by atoms with Crippen molar-refractivity contribution < 1.29 is 10.0 Å². The van der Waals surface area contributed by atoms with Gasteiger partial charge in [-0.05, 0) is 31.7 Å². The van der Waals surface area contributed by atoms with Crippen molar-refractivity contribution in [3.63, 3.8) is 0 Å². The van der Waals surface area contributed by atoms with Crippen molar-refractivity contribution in [2.45, 2.75) is 31.7 Å². The first kappa shape index (κ1) is 13.6. The van der Waals surface area contributed by atoms with Gasteiger partial charge in [-0.25, -0.2) is 0 Å². The second kappa shape index (κ2) is 5.88. The molecule has 0 bridgehead atoms. The van der Waals surface area contributed by atoms with Gasteiger partial charge in [-0.15, -0.1) is 0 Å². The second-order valence-corrected chi connectivity index (χ2v) is 4.90. The molecule has 2 rings (SSSR count). The number of rotatable bonds is 6. The van der Waals surface area contributed by atoms with Gasteiger partial charge in [0.1, 0.15) is 0 Å². The lowest BCUT2D eigenvalue weighted by Crippen LogP contribution is -2.41. The summed E-state index contributed by atoms with van der Waals surface area (Å²) in [5.74, 6) is 0. The summed E-state index contributed by atoms with van der Waals surface area (Å²) in [5.41, 5.74) is 6.94. The molecule has 1 fully saturated rings. The highest BCUT2D eigenvalue weighted by atomic mass is 16.6. The number of nitrogens with two attached hydrogens (primary N) is 1. The Labute approximate surface area is 112 Å². The summed E-state index contributed by atoms with van der Waals surface area (Å²) in [4.78, 5) is 12.6. The Balaban J connectivity index is 2.26. The molecule has 1 saturated carbocycles. The SMILES string of the molecule is Nc1cc(N(CCCO)C2CCC2)cc([N+](=O)[O-])c1. The van der Waals surface area contributed by atoms with Crippen LogP contribution in [-0.2, 0) is 0 Å². The molecule has 0 aromatic heterocycles. The molecule has 0 atom stereocenters. The zero-order valence-corrected chi connectivity index (χ0v) is 10.8. The highest BCUT2D eigenvalue weighted by Gasteiger charge is 2.26. The number of aliphatic hydroxyl groups excluding tert-OH is 1. The van der Waals surface area contributed by atoms with E-state index in [1.165, 1.54) is 12.5 Å². The largest absolute Gasteiger partial charge is 0.398 e. The van der Waals surface area contributed by atoms with Crippen LogP contribution >= 0.6 is 0 Å². The van der Waals surface area contributed by atoms with E-state index in [-0.39, 0.29) is 12.3 Å². The fourth-order valence-corrected chi connectivity index (χ4v) is 2.35. The van der Waals surface area contributed by atoms with E-state index in [4.69, 9.17) is 10.8 Å². The predicted molar refractivity (Wildman–Crippen MR) is 74.2 cm³/mol. The molecular formula is C13H19N3O3. The minimum Gasteiger partial charge on any atom is -0.398 e. The first-order valence-electron chi connectivity index (χ1n) is 6.54. The third-order valence-electron chi connectivity index (χ3n) is 3.54. The average molecular weight is 265 g/mol. The smallest absolute Gasteiger partial charge is 0.273 e. The minimum absolute atomic E-state index is 0.0170. The maximum atomic E-state index is 10.9. The van der Waals surface area contributed by atoms with Gasteiger partial charge in [0, 0.05) is 42.7 Å². The van der Waals surface area contributed by atoms with Gasteiger partial charge in [-0.2, -0.15) is 0 Å². The van der Waals surface area contributed by atoms with Crippen LogP contribution in [0.25, 0.3) is 0 Å². The van der Waals surface area contributed by atoms with Crippen LogP contribution < -0.4 is 10.6 Å². The quantitative estimate of drug-likeness (QED) is 0.465. The molecule has 0 amide bonds. The standard InChI is InChI=1S/C13H19N3O3/c14-10-7-12(9-13(8-10)16(18)19)15(5-2-6-17)11-3-1-4-11/h7-9,11,17H,1-6,14H2. The van der Waals surface area contributed by atoms with E-state index in [0.717, 1.165) is 18.5 Å². The minimum atomic E-state index is -0.426. The molecule has 3 N–H and O–H groups in total. The van der Waals surface area contributed by atoms with Gasteiger partial charge in [0.2, 0.25) is 0 Å². The van der Waals surface area contributed by atoms with E-state index < -0.39 is 4.92 Å². The molecule has 1 aliphatic rings. The monoisotopic (exact) mass is 265 g/mol. The maximum absolute atomic E-state index is 10.9. The molecule has 19 heavy (non-hydrogen) atoms. The van der Waals surface area contributed by atoms with Crippen molar-refractivity contribution in [3.05, 3.63) is 28.3 Å². The van der Waals surface area contributed by atoms with Crippen LogP contribution in [0, 0.1) is 10.1 Å². The lowest BCUT2D eigenvalue weighted by atomic mass is 9.90. The Morgan fingerprint density at radius 2 is 2.16 bits per heavy atom. The van der Waals surface area contributed by atoms with E-state index in [1.54, 1.807) is 12.1 Å². The van der Waals surface area contributed by atoms with Gasteiger partial charge < -0.3 is 15.7 Å². The topological polar surface area (TPSA) is 92.6 Å². The van der Waals surface area contributed by atoms with Crippen LogP contribution in [0.1, 0.15) is 25.7 Å². The van der Waals surface area contributed by atoms with Crippen LogP contribution in [-0.4, -0.2) is 29.2 Å². The van der Waals surface area contributed by atoms with Gasteiger partial charge in [0.05, 0.1) is 4.92 Å². The summed E-state index contributed by atoms with van der Waals surface area (Å²) in [6.45, 7) is 0.815. The van der Waals surface area contributed by atoms with Crippen molar-refractivity contribution in [1.29, 1.82) is 0 Å². The number of nitro groups is 1. The molecule has 1 aliphatic carbocycles. The molecule has 1 aromatic rings. The molecule has 0 radical (unpaired) electrons. The van der Waals surface area contributed by atoms with Crippen LogP contribution in [0.5, 0.6) is 0 Å². The highest BCUT2D eigenvalue weighted by molar-refractivity contribution is 5.63. The predicted octanol–water partition coefficient (Wildman–Crippen LogP) is 1.92. The van der Waals surface area contributed by atoms with E-state index in [1.807, 2.05) is 0 Å². The Bertz CT molecular complexity index is 460. The summed E-state index contributed by atoms with van der Waals surface area (Å²) in [6, 6.07) is 5.11. The number of non-ortho nitro benzene ring substituents is 1. The fourth-order valence-electron chi connectivity index (χ4n) is 2.35. The number of nitrogens with zero attached hydrogens (tertiary/aromatic N) is 2. The van der Waals surface area contributed by atoms with Gasteiger partial charge in [-0.1, -0.05) is 0 Å². The van der Waals surface area contributed by atoms with Crippen LogP contribution in [0.4, 0.5) is 17.1 Å². The Hall–Kier alpha value is -1.82. The fraction of sp³-hybridized carbons (Fsp3) is 0.538. The summed E-state index contributed by atoms with van der Waals surface area (Å²) in [6.07, 6.45) is 4.02.